The largest absolute Gasteiger partial charge is 0.463 e. The lowest BCUT2D eigenvalue weighted by molar-refractivity contribution is -0.241. The van der Waals surface area contributed by atoms with Gasteiger partial charge in [0.1, 0.15) is 24.3 Å². The molecule has 0 amide bonds. The van der Waals surface area contributed by atoms with Gasteiger partial charge in [-0.05, 0) is 17.7 Å². The van der Waals surface area contributed by atoms with Gasteiger partial charge in [0, 0.05) is 25.7 Å². The van der Waals surface area contributed by atoms with Crippen molar-refractivity contribution in [1.29, 1.82) is 0 Å². The van der Waals surface area contributed by atoms with Crippen molar-refractivity contribution in [2.75, 3.05) is 6.61 Å². The Bertz CT molecular complexity index is 952. The van der Waals surface area contributed by atoms with Crippen molar-refractivity contribution < 1.29 is 38.1 Å². The molecular formula is C25H28O8S. The van der Waals surface area contributed by atoms with E-state index < -0.39 is 47.8 Å². The predicted molar refractivity (Wildman–Crippen MR) is 124 cm³/mol. The van der Waals surface area contributed by atoms with E-state index in [1.165, 1.54) is 32.5 Å². The van der Waals surface area contributed by atoms with Gasteiger partial charge < -0.3 is 23.7 Å². The molecule has 0 radical (unpaired) electrons. The Morgan fingerprint density at radius 3 is 1.97 bits per heavy atom. The van der Waals surface area contributed by atoms with E-state index in [1.807, 2.05) is 60.7 Å². The van der Waals surface area contributed by atoms with E-state index in [0.29, 0.717) is 0 Å². The molecule has 8 nitrogen and oxygen atoms in total. The fourth-order valence-corrected chi connectivity index (χ4v) is 4.67. The SMILES string of the molecule is CC(=O)OC[C@H]1O[C@@H](Sc2ccccc2)[C@H](OC(C)=O)[C@@H](OCc2ccccc2)[C@H]1OC(C)=O. The van der Waals surface area contributed by atoms with Crippen molar-refractivity contribution in [2.45, 2.75) is 62.1 Å². The van der Waals surface area contributed by atoms with E-state index in [9.17, 15) is 14.4 Å². The van der Waals surface area contributed by atoms with Gasteiger partial charge in [0.25, 0.3) is 0 Å². The first-order valence-corrected chi connectivity index (χ1v) is 11.7. The molecule has 0 aliphatic carbocycles. The lowest BCUT2D eigenvalue weighted by atomic mass is 9.99. The van der Waals surface area contributed by atoms with Crippen molar-refractivity contribution in [3.63, 3.8) is 0 Å². The maximum absolute atomic E-state index is 12.0. The summed E-state index contributed by atoms with van der Waals surface area (Å²) in [7, 11) is 0. The Labute approximate surface area is 202 Å². The second-order valence-electron chi connectivity index (χ2n) is 7.69. The van der Waals surface area contributed by atoms with Crippen LogP contribution < -0.4 is 0 Å². The van der Waals surface area contributed by atoms with Crippen molar-refractivity contribution >= 4 is 29.7 Å². The lowest BCUT2D eigenvalue weighted by Gasteiger charge is -2.44. The number of hydrogen-bond donors (Lipinski definition) is 0. The Morgan fingerprint density at radius 1 is 0.794 bits per heavy atom. The summed E-state index contributed by atoms with van der Waals surface area (Å²) >= 11 is 1.34. The maximum atomic E-state index is 12.0. The van der Waals surface area contributed by atoms with Gasteiger partial charge in [-0.3, -0.25) is 14.4 Å². The molecule has 2 aromatic rings. The molecule has 0 unspecified atom stereocenters. The van der Waals surface area contributed by atoms with Gasteiger partial charge in [0.15, 0.2) is 12.2 Å². The molecule has 0 N–H and O–H groups in total. The van der Waals surface area contributed by atoms with Crippen LogP contribution in [0.2, 0.25) is 0 Å². The summed E-state index contributed by atoms with van der Waals surface area (Å²) in [6.07, 6.45) is -3.58. The van der Waals surface area contributed by atoms with Gasteiger partial charge >= 0.3 is 17.9 Å². The van der Waals surface area contributed by atoms with Crippen molar-refractivity contribution in [3.05, 3.63) is 66.2 Å². The highest BCUT2D eigenvalue weighted by atomic mass is 32.2. The Morgan fingerprint density at radius 2 is 1.38 bits per heavy atom. The molecule has 1 heterocycles. The van der Waals surface area contributed by atoms with Crippen LogP contribution in [0.3, 0.4) is 0 Å². The van der Waals surface area contributed by atoms with Gasteiger partial charge in [-0.15, -0.1) is 0 Å². The zero-order chi connectivity index (χ0) is 24.5. The minimum absolute atomic E-state index is 0.156. The van der Waals surface area contributed by atoms with E-state index >= 15 is 0 Å². The molecular weight excluding hydrogens is 460 g/mol. The third-order valence-electron chi connectivity index (χ3n) is 4.93. The van der Waals surface area contributed by atoms with E-state index in [0.717, 1.165) is 10.5 Å². The van der Waals surface area contributed by atoms with Crippen LogP contribution in [-0.4, -0.2) is 54.4 Å². The van der Waals surface area contributed by atoms with Crippen LogP contribution in [0, 0.1) is 0 Å². The number of hydrogen-bond acceptors (Lipinski definition) is 9. The molecule has 0 spiro atoms. The van der Waals surface area contributed by atoms with E-state index in [4.69, 9.17) is 23.7 Å². The Kier molecular flexibility index (Phi) is 9.50. The molecule has 3 rings (SSSR count). The fourth-order valence-electron chi connectivity index (χ4n) is 3.55. The highest BCUT2D eigenvalue weighted by Gasteiger charge is 2.51. The van der Waals surface area contributed by atoms with E-state index in [-0.39, 0.29) is 13.2 Å². The molecule has 5 atom stereocenters. The topological polar surface area (TPSA) is 97.4 Å². The minimum atomic E-state index is -0.975. The summed E-state index contributed by atoms with van der Waals surface area (Å²) in [5.74, 6) is -1.59. The molecule has 0 aromatic heterocycles. The second-order valence-corrected chi connectivity index (χ2v) is 8.86. The molecule has 1 aliphatic heterocycles. The molecule has 1 fully saturated rings. The Balaban J connectivity index is 1.95. The monoisotopic (exact) mass is 488 g/mol. The van der Waals surface area contributed by atoms with Gasteiger partial charge in [-0.25, -0.2) is 0 Å². The summed E-state index contributed by atoms with van der Waals surface area (Å²) in [6.45, 7) is 3.87. The first kappa shape index (κ1) is 25.7. The fraction of sp³-hybridized carbons (Fsp3) is 0.400. The molecule has 182 valence electrons. The normalized spacial score (nSPS) is 24.1. The lowest BCUT2D eigenvalue weighted by Crippen LogP contribution is -2.61. The highest BCUT2D eigenvalue weighted by Crippen LogP contribution is 2.37. The average Bonchev–Trinajstić information content (AvgIpc) is 2.80. The van der Waals surface area contributed by atoms with Crippen LogP contribution in [0.1, 0.15) is 26.3 Å². The number of rotatable bonds is 9. The third kappa shape index (κ3) is 7.58. The molecule has 34 heavy (non-hydrogen) atoms. The van der Waals surface area contributed by atoms with Crippen LogP contribution in [0.15, 0.2) is 65.6 Å². The van der Waals surface area contributed by atoms with Crippen LogP contribution in [0.25, 0.3) is 0 Å². The molecule has 2 aromatic carbocycles. The average molecular weight is 489 g/mol. The number of ether oxygens (including phenoxy) is 5. The van der Waals surface area contributed by atoms with Crippen LogP contribution in [-0.2, 0) is 44.7 Å². The van der Waals surface area contributed by atoms with E-state index in [2.05, 4.69) is 0 Å². The summed E-state index contributed by atoms with van der Waals surface area (Å²) in [5.41, 5.74) is 0.181. The molecule has 0 saturated carbocycles. The van der Waals surface area contributed by atoms with Crippen LogP contribution in [0.5, 0.6) is 0 Å². The molecule has 0 bridgehead atoms. The Hall–Kier alpha value is -2.88. The number of benzene rings is 2. The summed E-state index contributed by atoms with van der Waals surface area (Å²) in [6, 6.07) is 18.9. The zero-order valence-electron chi connectivity index (χ0n) is 19.2. The molecule has 9 heteroatoms. The predicted octanol–water partition coefficient (Wildman–Crippen LogP) is 3.52. The molecule has 1 aliphatic rings. The highest BCUT2D eigenvalue weighted by molar-refractivity contribution is 7.99. The summed E-state index contributed by atoms with van der Waals surface area (Å²) < 4.78 is 28.8. The smallest absolute Gasteiger partial charge is 0.303 e. The first-order valence-electron chi connectivity index (χ1n) is 10.8. The quantitative estimate of drug-likeness (QED) is 0.388. The van der Waals surface area contributed by atoms with Crippen LogP contribution in [0.4, 0.5) is 0 Å². The zero-order valence-corrected chi connectivity index (χ0v) is 20.1. The van der Waals surface area contributed by atoms with E-state index in [1.54, 1.807) is 0 Å². The first-order chi connectivity index (χ1) is 16.3. The van der Waals surface area contributed by atoms with Gasteiger partial charge in [0.05, 0.1) is 6.61 Å². The second kappa shape index (κ2) is 12.5. The molecule has 1 saturated heterocycles. The minimum Gasteiger partial charge on any atom is -0.463 e. The number of carbonyl (C=O) groups excluding carboxylic acids is 3. The van der Waals surface area contributed by atoms with Gasteiger partial charge in [-0.1, -0.05) is 60.3 Å². The number of carbonyl (C=O) groups is 3. The number of thioether (sulfide) groups is 1. The van der Waals surface area contributed by atoms with Gasteiger partial charge in [-0.2, -0.15) is 0 Å². The van der Waals surface area contributed by atoms with Crippen molar-refractivity contribution in [2.24, 2.45) is 0 Å². The van der Waals surface area contributed by atoms with Crippen molar-refractivity contribution in [3.8, 4) is 0 Å². The van der Waals surface area contributed by atoms with Crippen molar-refractivity contribution in [1.82, 2.24) is 0 Å². The maximum Gasteiger partial charge on any atom is 0.303 e. The van der Waals surface area contributed by atoms with Crippen LogP contribution >= 0.6 is 11.8 Å². The summed E-state index contributed by atoms with van der Waals surface area (Å²) in [5, 5.41) is 0. The third-order valence-corrected chi connectivity index (χ3v) is 6.08. The van der Waals surface area contributed by atoms with Gasteiger partial charge in [0.2, 0.25) is 0 Å². The standard InChI is InChI=1S/C25H28O8S/c1-16(26)29-15-21-22(31-17(2)27)23(30-14-19-10-6-4-7-11-19)24(32-18(3)28)25(33-21)34-20-12-8-5-9-13-20/h4-13,21-25H,14-15H2,1-3H3/t21-,22+,23+,24-,25+/m1/s1. The summed E-state index contributed by atoms with van der Waals surface area (Å²) in [4.78, 5) is 36.4. The number of esters is 3.